The lowest BCUT2D eigenvalue weighted by Crippen LogP contribution is -2.38. The summed E-state index contributed by atoms with van der Waals surface area (Å²) in [6, 6.07) is 17.9. The normalized spacial score (nSPS) is 15.3. The lowest BCUT2D eigenvalue weighted by atomic mass is 9.84. The number of phenols is 1. The number of amides is 1. The average Bonchev–Trinajstić information content (AvgIpc) is 3.20. The molecule has 1 aliphatic rings. The van der Waals surface area contributed by atoms with Gasteiger partial charge in [-0.25, -0.2) is 4.79 Å². The predicted molar refractivity (Wildman–Crippen MR) is 139 cm³/mol. The van der Waals surface area contributed by atoms with Crippen molar-refractivity contribution in [1.82, 2.24) is 0 Å². The fraction of sp³-hybridized carbons (Fsp3) is 0.267. The molecule has 3 aromatic rings. The molecule has 0 saturated heterocycles. The number of esters is 1. The first-order valence-corrected chi connectivity index (χ1v) is 12.2. The fourth-order valence-electron chi connectivity index (χ4n) is 4.68. The number of phenolic OH excluding ortho intramolecular Hbond substituents is 1. The molecule has 3 aromatic carbocycles. The molecule has 37 heavy (non-hydrogen) atoms. The van der Waals surface area contributed by atoms with Crippen LogP contribution in [0.5, 0.6) is 5.75 Å². The molecule has 0 fully saturated rings. The summed E-state index contributed by atoms with van der Waals surface area (Å²) >= 11 is 0. The zero-order valence-electron chi connectivity index (χ0n) is 21.1. The predicted octanol–water partition coefficient (Wildman–Crippen LogP) is 5.56. The van der Waals surface area contributed by atoms with E-state index in [1.807, 2.05) is 45.9 Å². The molecular formula is C30H29NO6. The van der Waals surface area contributed by atoms with Crippen molar-refractivity contribution in [3.05, 3.63) is 94.5 Å². The maximum Gasteiger partial charge on any atom is 0.339 e. The minimum atomic E-state index is -1.69. The molecule has 0 aromatic heterocycles. The van der Waals surface area contributed by atoms with E-state index in [-0.39, 0.29) is 28.7 Å². The van der Waals surface area contributed by atoms with E-state index in [9.17, 15) is 24.3 Å². The van der Waals surface area contributed by atoms with Gasteiger partial charge in [0, 0.05) is 11.3 Å². The maximum atomic E-state index is 13.7. The Bertz CT molecular complexity index is 1360. The van der Waals surface area contributed by atoms with Gasteiger partial charge in [0.2, 0.25) is 5.78 Å². The van der Waals surface area contributed by atoms with E-state index < -0.39 is 35.5 Å². The SMILES string of the molecule is CC(C)c1cccc(C(C)C)c1NC(=O)C(=O)[C@@H](C(=O)c1ccccc1O)[C@@H]1OC(=O)c2ccccc21. The standard InChI is InChI=1S/C30H29NO6/c1-16(2)18-13-9-14-19(17(3)4)25(18)31-29(35)27(34)24(26(33)22-12-7-8-15-23(22)32)28-20-10-5-6-11-21(20)30(36)37-28/h5-17,24,28,32H,1-4H3,(H,31,35)/t24-,28-/m1/s1. The quantitative estimate of drug-likeness (QED) is 0.182. The van der Waals surface area contributed by atoms with Crippen LogP contribution < -0.4 is 5.32 Å². The summed E-state index contributed by atoms with van der Waals surface area (Å²) in [5.41, 5.74) is 2.67. The number of carbonyl (C=O) groups excluding carboxylic acids is 4. The number of para-hydroxylation sites is 2. The number of Topliss-reactive ketones (excluding diaryl/α,β-unsaturated/α-hetero) is 2. The first-order valence-electron chi connectivity index (χ1n) is 12.2. The third kappa shape index (κ3) is 4.89. The van der Waals surface area contributed by atoms with Gasteiger partial charge < -0.3 is 15.2 Å². The number of hydrogen-bond donors (Lipinski definition) is 2. The zero-order chi connectivity index (χ0) is 26.9. The van der Waals surface area contributed by atoms with Crippen molar-refractivity contribution in [3.63, 3.8) is 0 Å². The Morgan fingerprint density at radius 3 is 2.05 bits per heavy atom. The second-order valence-corrected chi connectivity index (χ2v) is 9.71. The topological polar surface area (TPSA) is 110 Å². The second kappa shape index (κ2) is 10.4. The summed E-state index contributed by atoms with van der Waals surface area (Å²) in [7, 11) is 0. The van der Waals surface area contributed by atoms with E-state index in [1.165, 1.54) is 30.3 Å². The number of fused-ring (bicyclic) bond motifs is 1. The van der Waals surface area contributed by atoms with Gasteiger partial charge in [0.25, 0.3) is 5.91 Å². The number of hydrogen-bond acceptors (Lipinski definition) is 6. The Kier molecular flexibility index (Phi) is 7.25. The van der Waals surface area contributed by atoms with Gasteiger partial charge in [-0.2, -0.15) is 0 Å². The van der Waals surface area contributed by atoms with Crippen LogP contribution in [-0.2, 0) is 14.3 Å². The molecule has 0 unspecified atom stereocenters. The van der Waals surface area contributed by atoms with Crippen LogP contribution >= 0.6 is 0 Å². The summed E-state index contributed by atoms with van der Waals surface area (Å²) in [5, 5.41) is 13.1. The van der Waals surface area contributed by atoms with Crippen LogP contribution in [0.15, 0.2) is 66.7 Å². The van der Waals surface area contributed by atoms with Gasteiger partial charge in [0.05, 0.1) is 11.1 Å². The molecule has 1 heterocycles. The lowest BCUT2D eigenvalue weighted by Gasteiger charge is -2.23. The number of benzene rings is 3. The zero-order valence-corrected chi connectivity index (χ0v) is 21.1. The highest BCUT2D eigenvalue weighted by atomic mass is 16.5. The van der Waals surface area contributed by atoms with E-state index in [0.717, 1.165) is 11.1 Å². The Morgan fingerprint density at radius 1 is 0.838 bits per heavy atom. The molecule has 0 bridgehead atoms. The van der Waals surface area contributed by atoms with E-state index >= 15 is 0 Å². The first-order chi connectivity index (χ1) is 17.6. The minimum absolute atomic E-state index is 0.0606. The molecule has 1 aliphatic heterocycles. The Labute approximate surface area is 215 Å². The summed E-state index contributed by atoms with van der Waals surface area (Å²) in [6.07, 6.45) is -1.31. The summed E-state index contributed by atoms with van der Waals surface area (Å²) in [6.45, 7) is 7.93. The highest BCUT2D eigenvalue weighted by Crippen LogP contribution is 2.39. The lowest BCUT2D eigenvalue weighted by molar-refractivity contribution is -0.138. The van der Waals surface area contributed by atoms with Crippen molar-refractivity contribution in [3.8, 4) is 5.75 Å². The third-order valence-corrected chi connectivity index (χ3v) is 6.59. The Hall–Kier alpha value is -4.26. The largest absolute Gasteiger partial charge is 0.507 e. The van der Waals surface area contributed by atoms with Crippen molar-refractivity contribution in [2.24, 2.45) is 5.92 Å². The number of aromatic hydroxyl groups is 1. The molecule has 2 N–H and O–H groups in total. The van der Waals surface area contributed by atoms with E-state index in [4.69, 9.17) is 4.74 Å². The second-order valence-electron chi connectivity index (χ2n) is 9.71. The van der Waals surface area contributed by atoms with Crippen LogP contribution in [-0.4, -0.2) is 28.5 Å². The van der Waals surface area contributed by atoms with Gasteiger partial charge in [0.15, 0.2) is 5.78 Å². The van der Waals surface area contributed by atoms with E-state index in [0.29, 0.717) is 11.3 Å². The number of ether oxygens (including phenoxy) is 1. The fourth-order valence-corrected chi connectivity index (χ4v) is 4.68. The molecule has 0 spiro atoms. The van der Waals surface area contributed by atoms with Crippen molar-refractivity contribution >= 4 is 29.1 Å². The van der Waals surface area contributed by atoms with Crippen molar-refractivity contribution < 1.29 is 29.0 Å². The molecule has 7 heteroatoms. The van der Waals surface area contributed by atoms with Gasteiger partial charge in [-0.3, -0.25) is 14.4 Å². The van der Waals surface area contributed by atoms with Gasteiger partial charge >= 0.3 is 5.97 Å². The monoisotopic (exact) mass is 499 g/mol. The van der Waals surface area contributed by atoms with E-state index in [2.05, 4.69) is 5.32 Å². The number of carbonyl (C=O) groups is 4. The van der Waals surface area contributed by atoms with Gasteiger partial charge in [-0.1, -0.05) is 76.2 Å². The maximum absolute atomic E-state index is 13.7. The van der Waals surface area contributed by atoms with Crippen LogP contribution in [0.2, 0.25) is 0 Å². The minimum Gasteiger partial charge on any atom is -0.507 e. The van der Waals surface area contributed by atoms with Gasteiger partial charge in [0.1, 0.15) is 17.8 Å². The van der Waals surface area contributed by atoms with Gasteiger partial charge in [-0.05, 0) is 41.2 Å². The average molecular weight is 500 g/mol. The number of ketones is 2. The summed E-state index contributed by atoms with van der Waals surface area (Å²) in [5.74, 6) is -5.45. The summed E-state index contributed by atoms with van der Waals surface area (Å²) < 4.78 is 5.48. The molecular weight excluding hydrogens is 470 g/mol. The molecule has 1 amide bonds. The number of rotatable bonds is 8. The molecule has 0 aliphatic carbocycles. The summed E-state index contributed by atoms with van der Waals surface area (Å²) in [4.78, 5) is 53.4. The third-order valence-electron chi connectivity index (χ3n) is 6.59. The van der Waals surface area contributed by atoms with Crippen molar-refractivity contribution in [2.45, 2.75) is 45.6 Å². The molecule has 0 radical (unpaired) electrons. The van der Waals surface area contributed by atoms with Crippen LogP contribution in [0.4, 0.5) is 5.69 Å². The first kappa shape index (κ1) is 25.8. The highest BCUT2D eigenvalue weighted by molar-refractivity contribution is 6.45. The van der Waals surface area contributed by atoms with Crippen LogP contribution in [0.3, 0.4) is 0 Å². The number of anilines is 1. The molecule has 2 atom stereocenters. The van der Waals surface area contributed by atoms with E-state index in [1.54, 1.807) is 18.2 Å². The smallest absolute Gasteiger partial charge is 0.339 e. The molecule has 190 valence electrons. The van der Waals surface area contributed by atoms with Gasteiger partial charge in [-0.15, -0.1) is 0 Å². The Balaban J connectivity index is 1.77. The molecule has 4 rings (SSSR count). The van der Waals surface area contributed by atoms with Crippen LogP contribution in [0.25, 0.3) is 0 Å². The van der Waals surface area contributed by atoms with Crippen LogP contribution in [0.1, 0.15) is 83.0 Å². The molecule has 7 nitrogen and oxygen atoms in total. The number of cyclic esters (lactones) is 1. The van der Waals surface area contributed by atoms with Crippen molar-refractivity contribution in [2.75, 3.05) is 5.32 Å². The number of nitrogens with one attached hydrogen (secondary N) is 1. The molecule has 0 saturated carbocycles. The highest BCUT2D eigenvalue weighted by Gasteiger charge is 2.46. The van der Waals surface area contributed by atoms with Crippen LogP contribution in [0, 0.1) is 5.92 Å². The Morgan fingerprint density at radius 2 is 1.43 bits per heavy atom. The van der Waals surface area contributed by atoms with Crippen molar-refractivity contribution in [1.29, 1.82) is 0 Å².